The summed E-state index contributed by atoms with van der Waals surface area (Å²) >= 11 is 0. The fourth-order valence-electron chi connectivity index (χ4n) is 8.18. The monoisotopic (exact) mass is 690 g/mol. The molecule has 3 fully saturated rings. The number of halogens is 3. The van der Waals surface area contributed by atoms with Gasteiger partial charge in [0.15, 0.2) is 11.4 Å². The molecule has 1 aromatic carbocycles. The first-order valence-corrected chi connectivity index (χ1v) is 16.3. The molecule has 2 bridgehead atoms. The van der Waals surface area contributed by atoms with Crippen LogP contribution in [0.3, 0.4) is 0 Å². The van der Waals surface area contributed by atoms with Gasteiger partial charge in [0.25, 0.3) is 0 Å². The Labute approximate surface area is 269 Å². The van der Waals surface area contributed by atoms with E-state index in [1.807, 2.05) is 0 Å². The molecule has 0 amide bonds. The van der Waals surface area contributed by atoms with Crippen LogP contribution in [-0.2, 0) is 42.8 Å². The maximum atomic E-state index is 15.0. The van der Waals surface area contributed by atoms with Crippen LogP contribution >= 0.6 is 0 Å². The third-order valence-electron chi connectivity index (χ3n) is 10.7. The minimum absolute atomic E-state index is 0.00623. The SMILES string of the molecule is CO[C@H]1C(=O)[C@]2(C)[C@@H](OS(=O)(=O)C(F)(F)F)C[C@H]3OC[C@@]3(OC(C)=O)[C@H]2[C@H](OC(=O)c2ccccc2)[C@]2(O)C[C@H](O)C(C)=C1C2(C)C. The lowest BCUT2D eigenvalue weighted by atomic mass is 9.44. The Hall–Kier alpha value is -2.89. The molecule has 3 aliphatic carbocycles. The number of ether oxygens (including phenoxy) is 4. The molecule has 0 spiro atoms. The second kappa shape index (κ2) is 11.3. The van der Waals surface area contributed by atoms with Gasteiger partial charge in [-0.1, -0.05) is 32.0 Å². The summed E-state index contributed by atoms with van der Waals surface area (Å²) in [6.45, 7) is 6.25. The lowest BCUT2D eigenvalue weighted by molar-refractivity contribution is -0.344. The number of aliphatic hydroxyl groups excluding tert-OH is 1. The zero-order valence-electron chi connectivity index (χ0n) is 26.5. The normalized spacial score (nSPS) is 38.2. The van der Waals surface area contributed by atoms with Crippen molar-refractivity contribution in [2.75, 3.05) is 13.7 Å². The van der Waals surface area contributed by atoms with Gasteiger partial charge in [-0.05, 0) is 37.1 Å². The van der Waals surface area contributed by atoms with Gasteiger partial charge in [0, 0.05) is 32.3 Å². The quantitative estimate of drug-likeness (QED) is 0.194. The zero-order chi connectivity index (χ0) is 35.1. The van der Waals surface area contributed by atoms with Gasteiger partial charge in [-0.15, -0.1) is 0 Å². The molecule has 2 N–H and O–H groups in total. The van der Waals surface area contributed by atoms with E-state index in [2.05, 4.69) is 0 Å². The standard InChI is InChI=1S/C31H37F3O12S/c1-15-18(36)13-30(39)25(44-26(38)17-10-8-7-9-11-17)23-28(5,24(37)22(42-6)21(15)27(30,3)4)19(46-47(40,41)31(32,33)34)12-20-29(23,14-43-20)45-16(2)35/h7-11,18-20,22-23,25,36,39H,12-14H2,1-6H3/t18-,19-,20+,22+,23-,25-,28+,29-,30+/m0/s1. The number of ketones is 1. The van der Waals surface area contributed by atoms with E-state index in [4.69, 9.17) is 23.1 Å². The number of methoxy groups -OCH3 is 1. The molecule has 47 heavy (non-hydrogen) atoms. The predicted molar refractivity (Wildman–Crippen MR) is 154 cm³/mol. The van der Waals surface area contributed by atoms with Gasteiger partial charge >= 0.3 is 27.6 Å². The van der Waals surface area contributed by atoms with Crippen molar-refractivity contribution in [2.24, 2.45) is 16.7 Å². The van der Waals surface area contributed by atoms with E-state index < -0.39 is 111 Å². The average molecular weight is 691 g/mol. The zero-order valence-corrected chi connectivity index (χ0v) is 27.3. The Morgan fingerprint density at radius 3 is 2.23 bits per heavy atom. The molecule has 0 unspecified atom stereocenters. The highest BCUT2D eigenvalue weighted by Gasteiger charge is 2.79. The van der Waals surface area contributed by atoms with E-state index in [9.17, 15) is 46.2 Å². The van der Waals surface area contributed by atoms with Gasteiger partial charge in [-0.25, -0.2) is 4.79 Å². The summed E-state index contributed by atoms with van der Waals surface area (Å²) < 4.78 is 94.4. The fourth-order valence-corrected chi connectivity index (χ4v) is 8.87. The van der Waals surface area contributed by atoms with Crippen molar-refractivity contribution in [1.82, 2.24) is 0 Å². The Morgan fingerprint density at radius 1 is 1.11 bits per heavy atom. The number of esters is 2. The second-order valence-corrected chi connectivity index (χ2v) is 14.9. The number of benzene rings is 1. The van der Waals surface area contributed by atoms with Crippen LogP contribution in [0.4, 0.5) is 13.2 Å². The van der Waals surface area contributed by atoms with Gasteiger partial charge < -0.3 is 29.2 Å². The number of hydrogen-bond donors (Lipinski definition) is 2. The first-order valence-electron chi connectivity index (χ1n) is 14.9. The number of alkyl halides is 3. The summed E-state index contributed by atoms with van der Waals surface area (Å²) in [4.78, 5) is 41.4. The van der Waals surface area contributed by atoms with Crippen LogP contribution in [-0.4, -0.2) is 97.3 Å². The number of carbonyl (C=O) groups is 3. The Morgan fingerprint density at radius 2 is 1.72 bits per heavy atom. The van der Waals surface area contributed by atoms with Crippen molar-refractivity contribution in [1.29, 1.82) is 0 Å². The molecule has 1 aromatic rings. The van der Waals surface area contributed by atoms with E-state index in [1.165, 1.54) is 45.0 Å². The number of carbonyl (C=O) groups excluding carboxylic acids is 3. The van der Waals surface area contributed by atoms with Crippen LogP contribution in [0, 0.1) is 16.7 Å². The van der Waals surface area contributed by atoms with E-state index in [0.717, 1.165) is 21.0 Å². The number of Topliss-reactive ketones (excluding diaryl/α,β-unsaturated/α-hetero) is 1. The van der Waals surface area contributed by atoms with E-state index in [1.54, 1.807) is 6.07 Å². The highest BCUT2D eigenvalue weighted by Crippen LogP contribution is 2.65. The molecule has 5 rings (SSSR count). The highest BCUT2D eigenvalue weighted by atomic mass is 32.2. The van der Waals surface area contributed by atoms with Crippen molar-refractivity contribution in [2.45, 2.75) is 94.7 Å². The topological polar surface area (TPSA) is 172 Å². The summed E-state index contributed by atoms with van der Waals surface area (Å²) in [5.41, 5.74) is -13.9. The predicted octanol–water partition coefficient (Wildman–Crippen LogP) is 2.61. The molecule has 2 saturated carbocycles. The molecule has 0 radical (unpaired) electrons. The first kappa shape index (κ1) is 35.4. The van der Waals surface area contributed by atoms with Crippen LogP contribution < -0.4 is 0 Å². The maximum Gasteiger partial charge on any atom is 0.523 e. The Bertz CT molecular complexity index is 1610. The molecular weight excluding hydrogens is 653 g/mol. The van der Waals surface area contributed by atoms with Crippen molar-refractivity contribution in [3.05, 3.63) is 47.0 Å². The average Bonchev–Trinajstić information content (AvgIpc) is 2.96. The molecule has 0 aromatic heterocycles. The summed E-state index contributed by atoms with van der Waals surface area (Å²) in [5.74, 6) is -4.74. The van der Waals surface area contributed by atoms with Crippen LogP contribution in [0.15, 0.2) is 41.5 Å². The summed E-state index contributed by atoms with van der Waals surface area (Å²) in [5, 5.41) is 24.2. The molecule has 1 aliphatic heterocycles. The molecular formula is C31H37F3O12S. The smallest absolute Gasteiger partial charge is 0.455 e. The molecule has 1 saturated heterocycles. The van der Waals surface area contributed by atoms with Gasteiger partial charge in [0.1, 0.15) is 23.9 Å². The minimum Gasteiger partial charge on any atom is -0.455 e. The van der Waals surface area contributed by atoms with Gasteiger partial charge in [0.05, 0.1) is 35.7 Å². The molecule has 16 heteroatoms. The van der Waals surface area contributed by atoms with Crippen molar-refractivity contribution >= 4 is 27.8 Å². The summed E-state index contributed by atoms with van der Waals surface area (Å²) in [6, 6.07) is 7.48. The van der Waals surface area contributed by atoms with Crippen molar-refractivity contribution in [3.63, 3.8) is 0 Å². The minimum atomic E-state index is -6.35. The number of rotatable bonds is 6. The van der Waals surface area contributed by atoms with E-state index in [-0.39, 0.29) is 16.7 Å². The highest BCUT2D eigenvalue weighted by molar-refractivity contribution is 7.87. The summed E-state index contributed by atoms with van der Waals surface area (Å²) in [6.07, 6.45) is -9.73. The van der Waals surface area contributed by atoms with Crippen LogP contribution in [0.1, 0.15) is 57.8 Å². The van der Waals surface area contributed by atoms with Crippen molar-refractivity contribution in [3.8, 4) is 0 Å². The summed E-state index contributed by atoms with van der Waals surface area (Å²) in [7, 11) is -5.22. The first-order chi connectivity index (χ1) is 21.6. The molecule has 1 heterocycles. The van der Waals surface area contributed by atoms with Crippen LogP contribution in [0.2, 0.25) is 0 Å². The third kappa shape index (κ3) is 5.05. The second-order valence-electron chi connectivity index (χ2n) is 13.4. The Kier molecular flexibility index (Phi) is 8.54. The molecule has 4 aliphatic rings. The molecule has 260 valence electrons. The van der Waals surface area contributed by atoms with Crippen molar-refractivity contribution < 1.29 is 69.3 Å². The van der Waals surface area contributed by atoms with Gasteiger partial charge in [0.2, 0.25) is 0 Å². The maximum absolute atomic E-state index is 15.0. The van der Waals surface area contributed by atoms with Gasteiger partial charge in [-0.3, -0.25) is 13.8 Å². The lowest BCUT2D eigenvalue weighted by Gasteiger charge is -2.67. The lowest BCUT2D eigenvalue weighted by Crippen LogP contribution is -2.82. The Balaban J connectivity index is 1.87. The molecule has 12 nitrogen and oxygen atoms in total. The van der Waals surface area contributed by atoms with E-state index in [0.29, 0.717) is 0 Å². The van der Waals surface area contributed by atoms with Gasteiger partial charge in [-0.2, -0.15) is 21.6 Å². The largest absolute Gasteiger partial charge is 0.523 e. The van der Waals surface area contributed by atoms with E-state index >= 15 is 0 Å². The molecule has 9 atom stereocenters. The fraction of sp³-hybridized carbons (Fsp3) is 0.645. The van der Waals surface area contributed by atoms with Crippen LogP contribution in [0.5, 0.6) is 0 Å². The number of aliphatic hydroxyl groups is 2. The van der Waals surface area contributed by atoms with Crippen LogP contribution in [0.25, 0.3) is 0 Å². The number of hydrogen-bond acceptors (Lipinski definition) is 12. The number of fused-ring (bicyclic) bond motifs is 5. The third-order valence-corrected chi connectivity index (χ3v) is 11.7.